The number of likely N-dealkylation sites (N-methyl/N-ethyl adjacent to an activating group) is 1. The summed E-state index contributed by atoms with van der Waals surface area (Å²) in [6.07, 6.45) is 5.43. The van der Waals surface area contributed by atoms with Gasteiger partial charge in [0.25, 0.3) is 0 Å². The molecule has 2 heterocycles. The summed E-state index contributed by atoms with van der Waals surface area (Å²) in [5.41, 5.74) is 0. The van der Waals surface area contributed by atoms with E-state index in [0.717, 1.165) is 24.8 Å². The Bertz CT molecular complexity index is 429. The molecule has 1 saturated heterocycles. The van der Waals surface area contributed by atoms with Crippen molar-refractivity contribution >= 4 is 5.91 Å². The quantitative estimate of drug-likeness (QED) is 0.903. The minimum Gasteiger partial charge on any atom is -0.467 e. The molecule has 104 valence electrons. The van der Waals surface area contributed by atoms with E-state index in [2.05, 4.69) is 5.32 Å². The van der Waals surface area contributed by atoms with Crippen molar-refractivity contribution in [1.82, 2.24) is 10.2 Å². The summed E-state index contributed by atoms with van der Waals surface area (Å²) in [5.74, 6) is 2.37. The van der Waals surface area contributed by atoms with E-state index in [1.165, 1.54) is 19.3 Å². The van der Waals surface area contributed by atoms with Gasteiger partial charge in [-0.3, -0.25) is 4.79 Å². The van der Waals surface area contributed by atoms with Crippen molar-refractivity contribution < 1.29 is 9.21 Å². The lowest BCUT2D eigenvalue weighted by Gasteiger charge is -2.26. The standard InChI is InChI=1S/C15H22N2O2/c1-2-17(10-12-6-4-8-19-12)15(18)14-13-7-3-5-11(13)9-16-14/h4,6,8,11,13-14,16H,2-3,5,7,9-10H2,1H3. The van der Waals surface area contributed by atoms with Crippen LogP contribution in [-0.4, -0.2) is 29.9 Å². The van der Waals surface area contributed by atoms with Gasteiger partial charge in [-0.1, -0.05) is 6.42 Å². The molecule has 1 aliphatic carbocycles. The molecule has 0 aromatic carbocycles. The number of hydrogen-bond donors (Lipinski definition) is 1. The molecular weight excluding hydrogens is 240 g/mol. The topological polar surface area (TPSA) is 45.5 Å². The third-order valence-electron chi connectivity index (χ3n) is 4.63. The Hall–Kier alpha value is -1.29. The summed E-state index contributed by atoms with van der Waals surface area (Å²) in [4.78, 5) is 14.6. The second kappa shape index (κ2) is 5.37. The second-order valence-electron chi connectivity index (χ2n) is 5.67. The molecule has 4 nitrogen and oxygen atoms in total. The zero-order chi connectivity index (χ0) is 13.2. The van der Waals surface area contributed by atoms with Crippen molar-refractivity contribution in [2.45, 2.75) is 38.8 Å². The third-order valence-corrected chi connectivity index (χ3v) is 4.63. The van der Waals surface area contributed by atoms with Crippen molar-refractivity contribution in [3.8, 4) is 0 Å². The second-order valence-corrected chi connectivity index (χ2v) is 5.67. The lowest BCUT2D eigenvalue weighted by Crippen LogP contribution is -2.46. The number of carbonyl (C=O) groups is 1. The molecule has 1 aliphatic heterocycles. The van der Waals surface area contributed by atoms with Crippen molar-refractivity contribution in [2.24, 2.45) is 11.8 Å². The fourth-order valence-corrected chi connectivity index (χ4v) is 3.59. The lowest BCUT2D eigenvalue weighted by molar-refractivity contribution is -0.134. The van der Waals surface area contributed by atoms with Gasteiger partial charge in [0.1, 0.15) is 5.76 Å². The molecule has 1 amide bonds. The molecule has 3 rings (SSSR count). The number of hydrogen-bond acceptors (Lipinski definition) is 3. The molecular formula is C15H22N2O2. The predicted octanol–water partition coefficient (Wildman–Crippen LogP) is 2.02. The van der Waals surface area contributed by atoms with Crippen molar-refractivity contribution in [1.29, 1.82) is 0 Å². The largest absolute Gasteiger partial charge is 0.467 e. The van der Waals surface area contributed by atoms with Gasteiger partial charge in [-0.15, -0.1) is 0 Å². The van der Waals surface area contributed by atoms with Gasteiger partial charge in [-0.05, 0) is 50.3 Å². The van der Waals surface area contributed by atoms with Crippen LogP contribution in [-0.2, 0) is 11.3 Å². The van der Waals surface area contributed by atoms with Crippen LogP contribution in [0.1, 0.15) is 31.9 Å². The van der Waals surface area contributed by atoms with E-state index in [1.54, 1.807) is 6.26 Å². The molecule has 1 aromatic heterocycles. The molecule has 0 spiro atoms. The first-order valence-electron chi connectivity index (χ1n) is 7.34. The Kier molecular flexibility index (Phi) is 3.60. The predicted molar refractivity (Wildman–Crippen MR) is 72.4 cm³/mol. The third kappa shape index (κ3) is 2.41. The molecule has 3 atom stereocenters. The molecule has 0 radical (unpaired) electrons. The van der Waals surface area contributed by atoms with Crippen molar-refractivity contribution in [3.05, 3.63) is 24.2 Å². The normalized spacial score (nSPS) is 29.4. The fraction of sp³-hybridized carbons (Fsp3) is 0.667. The molecule has 4 heteroatoms. The Balaban J connectivity index is 1.67. The van der Waals surface area contributed by atoms with Gasteiger partial charge in [0, 0.05) is 6.54 Å². The minimum atomic E-state index is 0.0300. The number of fused-ring (bicyclic) bond motifs is 1. The van der Waals surface area contributed by atoms with Crippen LogP contribution in [0.5, 0.6) is 0 Å². The maximum absolute atomic E-state index is 12.7. The van der Waals surface area contributed by atoms with Crippen LogP contribution in [0.3, 0.4) is 0 Å². The smallest absolute Gasteiger partial charge is 0.240 e. The summed E-state index contributed by atoms with van der Waals surface area (Å²) in [7, 11) is 0. The van der Waals surface area contributed by atoms with Gasteiger partial charge in [-0.2, -0.15) is 0 Å². The average molecular weight is 262 g/mol. The number of rotatable bonds is 4. The van der Waals surface area contributed by atoms with E-state index < -0.39 is 0 Å². The first-order chi connectivity index (χ1) is 9.29. The molecule has 1 N–H and O–H groups in total. The highest BCUT2D eigenvalue weighted by Gasteiger charge is 2.43. The molecule has 0 bridgehead atoms. The van der Waals surface area contributed by atoms with Gasteiger partial charge >= 0.3 is 0 Å². The molecule has 19 heavy (non-hydrogen) atoms. The summed E-state index contributed by atoms with van der Waals surface area (Å²) in [5, 5.41) is 3.43. The molecule has 3 unspecified atom stereocenters. The lowest BCUT2D eigenvalue weighted by atomic mass is 9.93. The zero-order valence-corrected chi connectivity index (χ0v) is 11.5. The Morgan fingerprint density at radius 1 is 1.53 bits per heavy atom. The number of carbonyl (C=O) groups excluding carboxylic acids is 1. The highest BCUT2D eigenvalue weighted by atomic mass is 16.3. The van der Waals surface area contributed by atoms with Crippen molar-refractivity contribution in [2.75, 3.05) is 13.1 Å². The van der Waals surface area contributed by atoms with Crippen LogP contribution in [0.25, 0.3) is 0 Å². The van der Waals surface area contributed by atoms with E-state index in [-0.39, 0.29) is 11.9 Å². The maximum atomic E-state index is 12.7. The van der Waals surface area contributed by atoms with E-state index in [9.17, 15) is 4.79 Å². The molecule has 2 fully saturated rings. The summed E-state index contributed by atoms with van der Waals surface area (Å²) < 4.78 is 5.35. The monoisotopic (exact) mass is 262 g/mol. The van der Waals surface area contributed by atoms with Gasteiger partial charge < -0.3 is 14.6 Å². The van der Waals surface area contributed by atoms with E-state index in [4.69, 9.17) is 4.42 Å². The highest BCUT2D eigenvalue weighted by Crippen LogP contribution is 2.38. The molecule has 1 aromatic rings. The van der Waals surface area contributed by atoms with Crippen LogP contribution >= 0.6 is 0 Å². The summed E-state index contributed by atoms with van der Waals surface area (Å²) >= 11 is 0. The van der Waals surface area contributed by atoms with Gasteiger partial charge in [0.15, 0.2) is 0 Å². The van der Waals surface area contributed by atoms with E-state index >= 15 is 0 Å². The molecule has 1 saturated carbocycles. The van der Waals surface area contributed by atoms with E-state index in [1.807, 2.05) is 24.0 Å². The van der Waals surface area contributed by atoms with Gasteiger partial charge in [0.05, 0.1) is 18.8 Å². The van der Waals surface area contributed by atoms with Crippen LogP contribution in [0.2, 0.25) is 0 Å². The number of nitrogens with one attached hydrogen (secondary N) is 1. The first kappa shape index (κ1) is 12.7. The Morgan fingerprint density at radius 3 is 3.16 bits per heavy atom. The van der Waals surface area contributed by atoms with Crippen LogP contribution in [0, 0.1) is 11.8 Å². The Morgan fingerprint density at radius 2 is 2.42 bits per heavy atom. The summed E-state index contributed by atoms with van der Waals surface area (Å²) in [6, 6.07) is 3.83. The molecule has 2 aliphatic rings. The van der Waals surface area contributed by atoms with E-state index in [0.29, 0.717) is 12.5 Å². The van der Waals surface area contributed by atoms with Gasteiger partial charge in [-0.25, -0.2) is 0 Å². The number of amides is 1. The summed E-state index contributed by atoms with van der Waals surface area (Å²) in [6.45, 7) is 4.36. The van der Waals surface area contributed by atoms with Crippen LogP contribution in [0.4, 0.5) is 0 Å². The highest BCUT2D eigenvalue weighted by molar-refractivity contribution is 5.82. The first-order valence-corrected chi connectivity index (χ1v) is 7.34. The van der Waals surface area contributed by atoms with Crippen molar-refractivity contribution in [3.63, 3.8) is 0 Å². The number of furan rings is 1. The SMILES string of the molecule is CCN(Cc1ccco1)C(=O)C1NCC2CCCC21. The zero-order valence-electron chi connectivity index (χ0n) is 11.5. The van der Waals surface area contributed by atoms with Gasteiger partial charge in [0.2, 0.25) is 5.91 Å². The minimum absolute atomic E-state index is 0.0300. The Labute approximate surface area is 114 Å². The fourth-order valence-electron chi connectivity index (χ4n) is 3.59. The van der Waals surface area contributed by atoms with Crippen LogP contribution < -0.4 is 5.32 Å². The average Bonchev–Trinajstić information content (AvgIpc) is 3.11. The van der Waals surface area contributed by atoms with Crippen LogP contribution in [0.15, 0.2) is 22.8 Å². The maximum Gasteiger partial charge on any atom is 0.240 e. The number of nitrogens with zero attached hydrogens (tertiary/aromatic N) is 1.